The molecule has 0 fully saturated rings. The molecule has 0 saturated carbocycles. The van der Waals surface area contributed by atoms with Crippen LogP contribution in [0.2, 0.25) is 0 Å². The highest BCUT2D eigenvalue weighted by Gasteiger charge is 2.11. The van der Waals surface area contributed by atoms with Crippen molar-refractivity contribution in [2.45, 2.75) is 13.3 Å². The van der Waals surface area contributed by atoms with E-state index in [0.717, 1.165) is 29.9 Å². The van der Waals surface area contributed by atoms with Crippen molar-refractivity contribution in [3.8, 4) is 5.69 Å². The first-order valence-electron chi connectivity index (χ1n) is 6.26. The molecule has 0 aliphatic carbocycles. The molecule has 3 rings (SSSR count). The summed E-state index contributed by atoms with van der Waals surface area (Å²) in [6.07, 6.45) is 2.79. The van der Waals surface area contributed by atoms with E-state index in [-0.39, 0.29) is 0 Å². The van der Waals surface area contributed by atoms with Gasteiger partial charge in [-0.05, 0) is 23.8 Å². The van der Waals surface area contributed by atoms with Gasteiger partial charge >= 0.3 is 0 Å². The number of anilines is 1. The fourth-order valence-electron chi connectivity index (χ4n) is 1.90. The third-order valence-corrected chi connectivity index (χ3v) is 2.83. The summed E-state index contributed by atoms with van der Waals surface area (Å²) < 4.78 is 1.77. The third-order valence-electron chi connectivity index (χ3n) is 2.83. The molecule has 2 aromatic heterocycles. The first-order chi connectivity index (χ1) is 9.40. The van der Waals surface area contributed by atoms with Gasteiger partial charge in [-0.25, -0.2) is 4.68 Å². The van der Waals surface area contributed by atoms with Crippen LogP contribution >= 0.6 is 0 Å². The van der Waals surface area contributed by atoms with Crippen LogP contribution in [0.15, 0.2) is 36.5 Å². The summed E-state index contributed by atoms with van der Waals surface area (Å²) in [6, 6.07) is 9.86. The zero-order valence-electron chi connectivity index (χ0n) is 10.6. The molecule has 0 aliphatic heterocycles. The van der Waals surface area contributed by atoms with Crippen LogP contribution in [-0.4, -0.2) is 31.7 Å². The van der Waals surface area contributed by atoms with Crippen LogP contribution < -0.4 is 5.32 Å². The topological polar surface area (TPSA) is 68.5 Å². The van der Waals surface area contributed by atoms with Crippen LogP contribution in [0.25, 0.3) is 16.7 Å². The molecular formula is C13H14N6. The molecule has 0 bridgehead atoms. The van der Waals surface area contributed by atoms with Crippen molar-refractivity contribution in [2.24, 2.45) is 0 Å². The van der Waals surface area contributed by atoms with Crippen LogP contribution in [0.5, 0.6) is 0 Å². The van der Waals surface area contributed by atoms with Crippen LogP contribution in [0.4, 0.5) is 5.82 Å². The molecule has 6 nitrogen and oxygen atoms in total. The van der Waals surface area contributed by atoms with E-state index >= 15 is 0 Å². The van der Waals surface area contributed by atoms with E-state index in [1.165, 1.54) is 0 Å². The average Bonchev–Trinajstić information content (AvgIpc) is 2.90. The van der Waals surface area contributed by atoms with Gasteiger partial charge in [0.05, 0.1) is 17.3 Å². The van der Waals surface area contributed by atoms with Gasteiger partial charge in [-0.3, -0.25) is 0 Å². The van der Waals surface area contributed by atoms with Crippen LogP contribution in [-0.2, 0) is 0 Å². The number of rotatable bonds is 4. The summed E-state index contributed by atoms with van der Waals surface area (Å²) in [5.74, 6) is 0.731. The maximum absolute atomic E-state index is 4.37. The molecule has 0 aliphatic rings. The highest BCUT2D eigenvalue weighted by molar-refractivity contribution is 5.86. The van der Waals surface area contributed by atoms with E-state index < -0.39 is 0 Å². The van der Waals surface area contributed by atoms with E-state index in [0.29, 0.717) is 5.65 Å². The average molecular weight is 254 g/mol. The normalized spacial score (nSPS) is 10.8. The summed E-state index contributed by atoms with van der Waals surface area (Å²) in [4.78, 5) is 0. The number of benzene rings is 1. The molecule has 0 amide bonds. The van der Waals surface area contributed by atoms with Crippen molar-refractivity contribution in [3.05, 3.63) is 36.5 Å². The summed E-state index contributed by atoms with van der Waals surface area (Å²) >= 11 is 0. The lowest BCUT2D eigenvalue weighted by atomic mass is 10.3. The molecule has 0 atom stereocenters. The monoisotopic (exact) mass is 254 g/mol. The summed E-state index contributed by atoms with van der Waals surface area (Å²) in [5.41, 5.74) is 1.67. The third kappa shape index (κ3) is 2.12. The highest BCUT2D eigenvalue weighted by Crippen LogP contribution is 2.20. The van der Waals surface area contributed by atoms with Crippen molar-refractivity contribution in [1.29, 1.82) is 0 Å². The summed E-state index contributed by atoms with van der Waals surface area (Å²) in [6.45, 7) is 2.95. The predicted molar refractivity (Wildman–Crippen MR) is 73.2 cm³/mol. The minimum absolute atomic E-state index is 0.708. The smallest absolute Gasteiger partial charge is 0.190 e. The first kappa shape index (κ1) is 11.6. The lowest BCUT2D eigenvalue weighted by molar-refractivity contribution is 0.837. The van der Waals surface area contributed by atoms with Crippen LogP contribution in [0.3, 0.4) is 0 Å². The molecule has 96 valence electrons. The number of hydrogen-bond donors (Lipinski definition) is 1. The minimum Gasteiger partial charge on any atom is -0.368 e. The van der Waals surface area contributed by atoms with Crippen molar-refractivity contribution in [1.82, 2.24) is 25.2 Å². The maximum atomic E-state index is 4.37. The Balaban J connectivity index is 2.09. The Morgan fingerprint density at radius 2 is 2.00 bits per heavy atom. The number of aromatic nitrogens is 5. The Labute approximate surface area is 110 Å². The Bertz CT molecular complexity index is 676. The Morgan fingerprint density at radius 1 is 1.16 bits per heavy atom. The number of hydrogen-bond acceptors (Lipinski definition) is 5. The Hall–Kier alpha value is -2.50. The van der Waals surface area contributed by atoms with E-state index in [1.54, 1.807) is 10.9 Å². The second-order valence-electron chi connectivity index (χ2n) is 4.19. The molecule has 19 heavy (non-hydrogen) atoms. The van der Waals surface area contributed by atoms with E-state index in [2.05, 4.69) is 32.7 Å². The maximum Gasteiger partial charge on any atom is 0.190 e. The largest absolute Gasteiger partial charge is 0.368 e. The zero-order valence-corrected chi connectivity index (χ0v) is 10.6. The second kappa shape index (κ2) is 5.01. The molecule has 0 saturated heterocycles. The number of nitrogens with zero attached hydrogens (tertiary/aromatic N) is 5. The van der Waals surface area contributed by atoms with Gasteiger partial charge in [-0.2, -0.15) is 5.10 Å². The van der Waals surface area contributed by atoms with Gasteiger partial charge in [0.25, 0.3) is 0 Å². The molecule has 0 spiro atoms. The van der Waals surface area contributed by atoms with Crippen molar-refractivity contribution in [2.75, 3.05) is 11.9 Å². The lowest BCUT2D eigenvalue weighted by Gasteiger charge is -2.04. The van der Waals surface area contributed by atoms with E-state index in [4.69, 9.17) is 0 Å². The number of para-hydroxylation sites is 1. The van der Waals surface area contributed by atoms with E-state index in [1.807, 2.05) is 30.3 Å². The molecule has 1 aromatic carbocycles. The van der Waals surface area contributed by atoms with E-state index in [9.17, 15) is 0 Å². The Morgan fingerprint density at radius 3 is 2.79 bits per heavy atom. The molecule has 3 aromatic rings. The van der Waals surface area contributed by atoms with Gasteiger partial charge < -0.3 is 5.32 Å². The Kier molecular flexibility index (Phi) is 3.06. The SMILES string of the molecule is CCCNc1nnnc2c1cnn2-c1ccccc1. The molecule has 6 heteroatoms. The molecule has 2 heterocycles. The van der Waals surface area contributed by atoms with Gasteiger partial charge in [-0.1, -0.05) is 25.1 Å². The lowest BCUT2D eigenvalue weighted by Crippen LogP contribution is -2.05. The zero-order chi connectivity index (χ0) is 13.1. The van der Waals surface area contributed by atoms with Gasteiger partial charge in [-0.15, -0.1) is 10.2 Å². The van der Waals surface area contributed by atoms with Crippen molar-refractivity contribution < 1.29 is 0 Å². The summed E-state index contributed by atoms with van der Waals surface area (Å²) in [5, 5.41) is 20.4. The van der Waals surface area contributed by atoms with Crippen LogP contribution in [0, 0.1) is 0 Å². The molecule has 1 N–H and O–H groups in total. The quantitative estimate of drug-likeness (QED) is 0.771. The van der Waals surface area contributed by atoms with Gasteiger partial charge in [0.2, 0.25) is 0 Å². The predicted octanol–water partition coefficient (Wildman–Crippen LogP) is 2.03. The van der Waals surface area contributed by atoms with Crippen molar-refractivity contribution in [3.63, 3.8) is 0 Å². The molecule has 0 radical (unpaired) electrons. The molecule has 0 unspecified atom stereocenters. The van der Waals surface area contributed by atoms with Gasteiger partial charge in [0, 0.05) is 6.54 Å². The van der Waals surface area contributed by atoms with Gasteiger partial charge in [0.1, 0.15) is 0 Å². The molecular weight excluding hydrogens is 240 g/mol. The highest BCUT2D eigenvalue weighted by atomic mass is 15.4. The number of fused-ring (bicyclic) bond motifs is 1. The van der Waals surface area contributed by atoms with Crippen molar-refractivity contribution >= 4 is 16.9 Å². The fourth-order valence-corrected chi connectivity index (χ4v) is 1.90. The fraction of sp³-hybridized carbons (Fsp3) is 0.231. The van der Waals surface area contributed by atoms with Crippen LogP contribution in [0.1, 0.15) is 13.3 Å². The second-order valence-corrected chi connectivity index (χ2v) is 4.19. The summed E-state index contributed by atoms with van der Waals surface area (Å²) in [7, 11) is 0. The first-order valence-corrected chi connectivity index (χ1v) is 6.26. The minimum atomic E-state index is 0.708. The van der Waals surface area contributed by atoms with Gasteiger partial charge in [0.15, 0.2) is 11.5 Å². The standard InChI is InChI=1S/C13H14N6/c1-2-8-14-12-11-9-15-19(13(11)17-18-16-12)10-6-4-3-5-7-10/h3-7,9H,2,8H2,1H3,(H,14,16,17). The number of nitrogens with one attached hydrogen (secondary N) is 1.